The van der Waals surface area contributed by atoms with Gasteiger partial charge in [-0.3, -0.25) is 4.79 Å². The highest BCUT2D eigenvalue weighted by atomic mass is 35.5. The molecule has 0 amide bonds. The molecular weight excluding hydrogens is 343 g/mol. The van der Waals surface area contributed by atoms with Crippen LogP contribution in [0.25, 0.3) is 16.8 Å². The number of ether oxygens (including phenoxy) is 1. The number of allylic oxidation sites excluding steroid dienone is 1. The Morgan fingerprint density at radius 1 is 1.00 bits per heavy atom. The number of benzene rings is 3. The first kappa shape index (κ1) is 16.6. The minimum Gasteiger partial charge on any atom is -0.497 e. The van der Waals surface area contributed by atoms with Gasteiger partial charge in [0.15, 0.2) is 5.78 Å². The Morgan fingerprint density at radius 3 is 2.54 bits per heavy atom. The van der Waals surface area contributed by atoms with Crippen molar-refractivity contribution in [3.8, 4) is 5.75 Å². The number of halogens is 2. The van der Waals surface area contributed by atoms with Crippen LogP contribution in [0.3, 0.4) is 0 Å². The highest BCUT2D eigenvalue weighted by Gasteiger charge is 2.06. The van der Waals surface area contributed by atoms with Crippen molar-refractivity contribution < 1.29 is 9.53 Å². The second kappa shape index (κ2) is 7.08. The number of hydrogen-bond donors (Lipinski definition) is 0. The lowest BCUT2D eigenvalue weighted by atomic mass is 10.0. The molecule has 0 aliphatic heterocycles. The molecule has 4 heteroatoms. The van der Waals surface area contributed by atoms with Crippen LogP contribution < -0.4 is 4.74 Å². The van der Waals surface area contributed by atoms with Gasteiger partial charge in [0.2, 0.25) is 0 Å². The first-order chi connectivity index (χ1) is 11.6. The van der Waals surface area contributed by atoms with E-state index in [0.29, 0.717) is 21.2 Å². The summed E-state index contributed by atoms with van der Waals surface area (Å²) >= 11 is 12.1. The average Bonchev–Trinajstić information content (AvgIpc) is 2.61. The molecule has 0 aliphatic carbocycles. The van der Waals surface area contributed by atoms with Crippen molar-refractivity contribution in [2.45, 2.75) is 0 Å². The normalized spacial score (nSPS) is 11.1. The van der Waals surface area contributed by atoms with Crippen LogP contribution in [0.4, 0.5) is 0 Å². The van der Waals surface area contributed by atoms with Crippen molar-refractivity contribution in [1.29, 1.82) is 0 Å². The smallest absolute Gasteiger partial charge is 0.185 e. The van der Waals surface area contributed by atoms with Crippen LogP contribution in [-0.2, 0) is 0 Å². The van der Waals surface area contributed by atoms with Crippen LogP contribution in [-0.4, -0.2) is 12.9 Å². The van der Waals surface area contributed by atoms with E-state index in [1.165, 1.54) is 6.08 Å². The van der Waals surface area contributed by atoms with Crippen LogP contribution in [0, 0.1) is 0 Å². The molecule has 120 valence electrons. The van der Waals surface area contributed by atoms with E-state index >= 15 is 0 Å². The minimum absolute atomic E-state index is 0.0937. The zero-order valence-electron chi connectivity index (χ0n) is 12.9. The zero-order valence-corrected chi connectivity index (χ0v) is 14.4. The van der Waals surface area contributed by atoms with E-state index in [0.717, 1.165) is 16.5 Å². The third-order valence-electron chi connectivity index (χ3n) is 3.73. The largest absolute Gasteiger partial charge is 0.497 e. The van der Waals surface area contributed by atoms with Crippen LogP contribution in [0.5, 0.6) is 5.75 Å². The van der Waals surface area contributed by atoms with E-state index in [1.54, 1.807) is 31.4 Å². The molecule has 0 fully saturated rings. The van der Waals surface area contributed by atoms with Gasteiger partial charge in [-0.2, -0.15) is 0 Å². The van der Waals surface area contributed by atoms with Gasteiger partial charge in [0.05, 0.1) is 17.2 Å². The van der Waals surface area contributed by atoms with Crippen LogP contribution in [0.2, 0.25) is 10.0 Å². The van der Waals surface area contributed by atoms with Crippen molar-refractivity contribution in [3.63, 3.8) is 0 Å². The number of carbonyl (C=O) groups is 1. The van der Waals surface area contributed by atoms with Crippen molar-refractivity contribution in [3.05, 3.63) is 81.8 Å². The Labute approximate surface area is 150 Å². The predicted octanol–water partition coefficient (Wildman–Crippen LogP) is 6.05. The molecule has 0 saturated heterocycles. The quantitative estimate of drug-likeness (QED) is 0.420. The summed E-state index contributed by atoms with van der Waals surface area (Å²) in [6, 6.07) is 16.6. The molecule has 0 atom stereocenters. The van der Waals surface area contributed by atoms with Gasteiger partial charge in [-0.15, -0.1) is 0 Å². The number of rotatable bonds is 4. The maximum Gasteiger partial charge on any atom is 0.185 e. The van der Waals surface area contributed by atoms with E-state index in [2.05, 4.69) is 0 Å². The van der Waals surface area contributed by atoms with Crippen LogP contribution >= 0.6 is 23.2 Å². The third kappa shape index (κ3) is 3.45. The summed E-state index contributed by atoms with van der Waals surface area (Å²) in [5, 5.41) is 2.91. The molecule has 0 unspecified atom stereocenters. The van der Waals surface area contributed by atoms with E-state index in [9.17, 15) is 4.79 Å². The van der Waals surface area contributed by atoms with Gasteiger partial charge in [0.1, 0.15) is 5.75 Å². The van der Waals surface area contributed by atoms with Gasteiger partial charge in [-0.1, -0.05) is 53.5 Å². The second-order valence-electron chi connectivity index (χ2n) is 5.27. The fourth-order valence-electron chi connectivity index (χ4n) is 2.41. The lowest BCUT2D eigenvalue weighted by molar-refractivity contribution is 0.104. The van der Waals surface area contributed by atoms with Crippen molar-refractivity contribution in [2.24, 2.45) is 0 Å². The third-order valence-corrected chi connectivity index (χ3v) is 4.56. The summed E-state index contributed by atoms with van der Waals surface area (Å²) in [4.78, 5) is 12.4. The van der Waals surface area contributed by atoms with Gasteiger partial charge in [-0.05, 0) is 52.8 Å². The average molecular weight is 357 g/mol. The number of carbonyl (C=O) groups excluding carboxylic acids is 1. The van der Waals surface area contributed by atoms with Gasteiger partial charge in [0.25, 0.3) is 0 Å². The molecule has 0 heterocycles. The van der Waals surface area contributed by atoms with Crippen molar-refractivity contribution in [1.82, 2.24) is 0 Å². The molecule has 0 saturated carbocycles. The Balaban J connectivity index is 1.88. The summed E-state index contributed by atoms with van der Waals surface area (Å²) in [6.45, 7) is 0. The molecule has 3 rings (SSSR count). The Hall–Kier alpha value is -2.29. The monoisotopic (exact) mass is 356 g/mol. The van der Waals surface area contributed by atoms with Gasteiger partial charge < -0.3 is 4.74 Å². The van der Waals surface area contributed by atoms with E-state index in [4.69, 9.17) is 27.9 Å². The predicted molar refractivity (Wildman–Crippen MR) is 100 cm³/mol. The molecule has 0 bridgehead atoms. The summed E-state index contributed by atoms with van der Waals surface area (Å²) in [5.41, 5.74) is 1.32. The maximum absolute atomic E-state index is 12.4. The van der Waals surface area contributed by atoms with Gasteiger partial charge >= 0.3 is 0 Å². The summed E-state index contributed by atoms with van der Waals surface area (Å²) < 4.78 is 5.21. The summed E-state index contributed by atoms with van der Waals surface area (Å²) in [5.74, 6) is 0.695. The van der Waals surface area contributed by atoms with E-state index < -0.39 is 0 Å². The SMILES string of the molecule is COc1ccc2cc(C(=O)C=Cc3cccc(Cl)c3Cl)ccc2c1. The van der Waals surface area contributed by atoms with Gasteiger partial charge in [-0.25, -0.2) is 0 Å². The lowest BCUT2D eigenvalue weighted by Gasteiger charge is -2.04. The molecule has 0 aliphatic rings. The lowest BCUT2D eigenvalue weighted by Crippen LogP contribution is -1.94. The minimum atomic E-state index is -0.0937. The van der Waals surface area contributed by atoms with Crippen LogP contribution in [0.1, 0.15) is 15.9 Å². The van der Waals surface area contributed by atoms with Crippen molar-refractivity contribution >= 4 is 45.8 Å². The second-order valence-corrected chi connectivity index (χ2v) is 6.05. The topological polar surface area (TPSA) is 26.3 Å². The Bertz CT molecular complexity index is 946. The van der Waals surface area contributed by atoms with E-state index in [1.807, 2.05) is 36.4 Å². The summed E-state index contributed by atoms with van der Waals surface area (Å²) in [7, 11) is 1.63. The Morgan fingerprint density at radius 2 is 1.75 bits per heavy atom. The molecule has 0 aromatic heterocycles. The fourth-order valence-corrected chi connectivity index (χ4v) is 2.79. The highest BCUT2D eigenvalue weighted by molar-refractivity contribution is 6.42. The highest BCUT2D eigenvalue weighted by Crippen LogP contribution is 2.27. The molecule has 0 radical (unpaired) electrons. The summed E-state index contributed by atoms with van der Waals surface area (Å²) in [6.07, 6.45) is 3.18. The maximum atomic E-state index is 12.4. The molecular formula is C20H14Cl2O2. The first-order valence-electron chi connectivity index (χ1n) is 7.33. The number of methoxy groups -OCH3 is 1. The van der Waals surface area contributed by atoms with Crippen LogP contribution in [0.15, 0.2) is 60.7 Å². The molecule has 2 nitrogen and oxygen atoms in total. The molecule has 0 spiro atoms. The number of fused-ring (bicyclic) bond motifs is 1. The first-order valence-corrected chi connectivity index (χ1v) is 8.08. The standard InChI is InChI=1S/C20H14Cl2O2/c1-24-17-9-7-14-11-16(6-5-15(14)12-17)19(23)10-8-13-3-2-4-18(21)20(13)22/h2-12H,1H3. The van der Waals surface area contributed by atoms with E-state index in [-0.39, 0.29) is 5.78 Å². The Kier molecular flexibility index (Phi) is 4.89. The van der Waals surface area contributed by atoms with Gasteiger partial charge in [0, 0.05) is 5.56 Å². The molecule has 3 aromatic carbocycles. The number of hydrogen-bond acceptors (Lipinski definition) is 2. The molecule has 3 aromatic rings. The molecule has 24 heavy (non-hydrogen) atoms. The zero-order chi connectivity index (χ0) is 17.1. The fraction of sp³-hybridized carbons (Fsp3) is 0.0500. The number of ketones is 1. The van der Waals surface area contributed by atoms with Crippen molar-refractivity contribution in [2.75, 3.05) is 7.11 Å². The molecule has 0 N–H and O–H groups in total.